The number of amides is 2. The van der Waals surface area contributed by atoms with E-state index >= 15 is 0 Å². The number of methoxy groups -OCH3 is 1. The first-order valence-electron chi connectivity index (χ1n) is 12.7. The van der Waals surface area contributed by atoms with Crippen LogP contribution in [0.25, 0.3) is 9.88 Å². The number of aromatic nitrogens is 1. The first-order chi connectivity index (χ1) is 19.6. The quantitative estimate of drug-likeness (QED) is 0.246. The van der Waals surface area contributed by atoms with Crippen LogP contribution in [0.2, 0.25) is 0 Å². The van der Waals surface area contributed by atoms with Crippen LogP contribution in [0.3, 0.4) is 0 Å². The molecule has 2 heterocycles. The Kier molecular flexibility index (Phi) is 9.79. The number of ether oxygens (including phenoxy) is 1. The highest BCUT2D eigenvalue weighted by Crippen LogP contribution is 2.33. The molecule has 9 nitrogen and oxygen atoms in total. The summed E-state index contributed by atoms with van der Waals surface area (Å²) in [5.74, 6) is -0.257. The first-order valence-corrected chi connectivity index (χ1v) is 16.4. The number of carbonyl (C=O) groups is 2. The zero-order chi connectivity index (χ0) is 29.6. The normalized spacial score (nSPS) is 12.8. The van der Waals surface area contributed by atoms with Gasteiger partial charge in [-0.1, -0.05) is 48.5 Å². The van der Waals surface area contributed by atoms with E-state index in [9.17, 15) is 18.0 Å². The van der Waals surface area contributed by atoms with Crippen LogP contribution in [0.1, 0.15) is 22.9 Å². The van der Waals surface area contributed by atoms with E-state index in [0.717, 1.165) is 33.0 Å². The second-order valence-corrected chi connectivity index (χ2v) is 13.1. The predicted molar refractivity (Wildman–Crippen MR) is 164 cm³/mol. The van der Waals surface area contributed by atoms with Crippen LogP contribution in [0.15, 0.2) is 77.5 Å². The molecule has 41 heavy (non-hydrogen) atoms. The Hall–Kier alpha value is -3.74. The number of hydrogen-bond donors (Lipinski definition) is 1. The number of nitrogens with zero attached hydrogens (tertiary/aromatic N) is 3. The van der Waals surface area contributed by atoms with Gasteiger partial charge in [-0.3, -0.25) is 14.4 Å². The molecule has 4 rings (SSSR count). The van der Waals surface area contributed by atoms with E-state index in [-0.39, 0.29) is 5.91 Å². The first kappa shape index (κ1) is 30.2. The summed E-state index contributed by atoms with van der Waals surface area (Å²) in [4.78, 5) is 35.6. The van der Waals surface area contributed by atoms with Crippen molar-refractivity contribution in [1.82, 2.24) is 14.8 Å². The minimum atomic E-state index is -3.41. The van der Waals surface area contributed by atoms with E-state index in [1.165, 1.54) is 23.3 Å². The van der Waals surface area contributed by atoms with Gasteiger partial charge in [0.05, 0.1) is 30.0 Å². The standard InChI is InChI=1S/C29H32N4O5S3/c1-32(28(34)25(33(2)29(35)38-3)18-20-9-6-5-7-10-20)24(23-19-40-27(30-23)26-11-8-16-39-26)17-21-12-14-22(15-13-21)31-41(4,36)37/h5-16,19,24-25,31H,17-18H2,1-4H3/t24-,25-/m0/s1. The summed E-state index contributed by atoms with van der Waals surface area (Å²) in [6.07, 6.45) is 1.23. The predicted octanol–water partition coefficient (Wildman–Crippen LogP) is 5.29. The van der Waals surface area contributed by atoms with E-state index in [4.69, 9.17) is 9.72 Å². The molecule has 0 aliphatic carbocycles. The van der Waals surface area contributed by atoms with Crippen LogP contribution in [0, 0.1) is 0 Å². The lowest BCUT2D eigenvalue weighted by Gasteiger charge is -2.34. The van der Waals surface area contributed by atoms with E-state index < -0.39 is 28.2 Å². The fraction of sp³-hybridized carbons (Fsp3) is 0.276. The van der Waals surface area contributed by atoms with Crippen molar-refractivity contribution in [2.24, 2.45) is 0 Å². The molecule has 4 aromatic rings. The molecular weight excluding hydrogens is 581 g/mol. The van der Waals surface area contributed by atoms with Crippen molar-refractivity contribution in [3.63, 3.8) is 0 Å². The molecule has 12 heteroatoms. The molecule has 1 N–H and O–H groups in total. The van der Waals surface area contributed by atoms with Crippen molar-refractivity contribution < 1.29 is 22.7 Å². The van der Waals surface area contributed by atoms with Gasteiger partial charge >= 0.3 is 6.09 Å². The maximum Gasteiger partial charge on any atom is 0.409 e. The molecule has 0 spiro atoms. The minimum Gasteiger partial charge on any atom is -0.453 e. The van der Waals surface area contributed by atoms with Gasteiger partial charge in [-0.2, -0.15) is 0 Å². The zero-order valence-corrected chi connectivity index (χ0v) is 25.6. The Labute approximate surface area is 248 Å². The molecule has 2 amide bonds. The van der Waals surface area contributed by atoms with Gasteiger partial charge in [0.25, 0.3) is 0 Å². The number of thiazole rings is 1. The van der Waals surface area contributed by atoms with Gasteiger partial charge in [-0.25, -0.2) is 18.2 Å². The Balaban J connectivity index is 1.67. The van der Waals surface area contributed by atoms with Gasteiger partial charge in [0.15, 0.2) is 0 Å². The van der Waals surface area contributed by atoms with Crippen LogP contribution >= 0.6 is 22.7 Å². The van der Waals surface area contributed by atoms with E-state index in [1.807, 2.05) is 65.4 Å². The largest absolute Gasteiger partial charge is 0.453 e. The average Bonchev–Trinajstić information content (AvgIpc) is 3.66. The molecule has 2 aromatic carbocycles. The Morgan fingerprint density at radius 3 is 2.22 bits per heavy atom. The van der Waals surface area contributed by atoms with Crippen molar-refractivity contribution in [2.45, 2.75) is 24.9 Å². The third kappa shape index (κ3) is 7.93. The van der Waals surface area contributed by atoms with Crippen molar-refractivity contribution in [2.75, 3.05) is 32.2 Å². The van der Waals surface area contributed by atoms with Crippen LogP contribution in [0.5, 0.6) is 0 Å². The summed E-state index contributed by atoms with van der Waals surface area (Å²) in [5, 5.41) is 4.81. The summed E-state index contributed by atoms with van der Waals surface area (Å²) < 4.78 is 30.7. The number of likely N-dealkylation sites (N-methyl/N-ethyl adjacent to an activating group) is 2. The van der Waals surface area contributed by atoms with E-state index in [0.29, 0.717) is 18.5 Å². The van der Waals surface area contributed by atoms with Gasteiger partial charge in [0.2, 0.25) is 15.9 Å². The number of benzene rings is 2. The lowest BCUT2D eigenvalue weighted by Crippen LogP contribution is -2.50. The highest BCUT2D eigenvalue weighted by atomic mass is 32.2. The third-order valence-electron chi connectivity index (χ3n) is 6.58. The molecule has 0 radical (unpaired) electrons. The van der Waals surface area contributed by atoms with Crippen molar-refractivity contribution in [3.05, 3.63) is 94.3 Å². The van der Waals surface area contributed by atoms with Gasteiger partial charge in [-0.15, -0.1) is 22.7 Å². The Morgan fingerprint density at radius 1 is 0.927 bits per heavy atom. The second kappa shape index (κ2) is 13.3. The van der Waals surface area contributed by atoms with Crippen LogP contribution < -0.4 is 4.72 Å². The molecule has 0 saturated carbocycles. The molecule has 2 atom stereocenters. The maximum absolute atomic E-state index is 14.1. The van der Waals surface area contributed by atoms with Gasteiger partial charge in [0.1, 0.15) is 11.0 Å². The summed E-state index contributed by atoms with van der Waals surface area (Å²) in [6, 6.07) is 19.3. The number of nitrogens with one attached hydrogen (secondary N) is 1. The van der Waals surface area contributed by atoms with Crippen molar-refractivity contribution >= 4 is 50.4 Å². The van der Waals surface area contributed by atoms with Crippen LogP contribution in [-0.4, -0.2) is 68.7 Å². The lowest BCUT2D eigenvalue weighted by molar-refractivity contribution is -0.137. The summed E-state index contributed by atoms with van der Waals surface area (Å²) in [6.45, 7) is 0. The van der Waals surface area contributed by atoms with Crippen molar-refractivity contribution in [1.29, 1.82) is 0 Å². The molecule has 2 aromatic heterocycles. The number of anilines is 1. The number of carbonyl (C=O) groups excluding carboxylic acids is 2. The molecular formula is C29H32N4O5S3. The Bertz CT molecular complexity index is 1560. The second-order valence-electron chi connectivity index (χ2n) is 9.58. The zero-order valence-electron chi connectivity index (χ0n) is 23.2. The summed E-state index contributed by atoms with van der Waals surface area (Å²) in [5.41, 5.74) is 2.98. The third-order valence-corrected chi connectivity index (χ3v) is 9.09. The fourth-order valence-corrected chi connectivity index (χ4v) is 6.67. The number of thiophene rings is 1. The van der Waals surface area contributed by atoms with Crippen molar-refractivity contribution in [3.8, 4) is 9.88 Å². The fourth-order valence-electron chi connectivity index (χ4n) is 4.43. The molecule has 0 fully saturated rings. The summed E-state index contributed by atoms with van der Waals surface area (Å²) in [7, 11) is 1.17. The molecule has 0 bridgehead atoms. The van der Waals surface area contributed by atoms with Gasteiger partial charge in [0, 0.05) is 31.6 Å². The number of sulfonamides is 1. The maximum atomic E-state index is 14.1. The molecule has 0 aliphatic heterocycles. The smallest absolute Gasteiger partial charge is 0.409 e. The topological polar surface area (TPSA) is 109 Å². The number of hydrogen-bond acceptors (Lipinski definition) is 8. The van der Waals surface area contributed by atoms with Crippen LogP contribution in [0.4, 0.5) is 10.5 Å². The molecule has 0 unspecified atom stereocenters. The minimum absolute atomic E-state index is 0.257. The molecule has 0 saturated heterocycles. The lowest BCUT2D eigenvalue weighted by atomic mass is 9.99. The SMILES string of the molecule is COC(=O)N(C)[C@@H](Cc1ccccc1)C(=O)N(C)[C@@H](Cc1ccc(NS(C)(=O)=O)cc1)c1csc(-c2cccs2)n1. The van der Waals surface area contributed by atoms with Gasteiger partial charge in [-0.05, 0) is 41.1 Å². The van der Waals surface area contributed by atoms with E-state index in [2.05, 4.69) is 4.72 Å². The van der Waals surface area contributed by atoms with E-state index in [1.54, 1.807) is 42.5 Å². The van der Waals surface area contributed by atoms with Gasteiger partial charge < -0.3 is 9.64 Å². The Morgan fingerprint density at radius 2 is 1.61 bits per heavy atom. The van der Waals surface area contributed by atoms with Crippen LogP contribution in [-0.2, 0) is 32.4 Å². The monoisotopic (exact) mass is 612 g/mol. The summed E-state index contributed by atoms with van der Waals surface area (Å²) >= 11 is 3.10. The average molecular weight is 613 g/mol. The molecule has 216 valence electrons. The number of rotatable bonds is 11. The highest BCUT2D eigenvalue weighted by molar-refractivity contribution is 7.92. The highest BCUT2D eigenvalue weighted by Gasteiger charge is 2.34. The molecule has 0 aliphatic rings.